The van der Waals surface area contributed by atoms with E-state index in [1.165, 1.54) is 0 Å². The van der Waals surface area contributed by atoms with Gasteiger partial charge in [-0.2, -0.15) is 0 Å². The molecule has 1 heterocycles. The first-order valence-corrected chi connectivity index (χ1v) is 10.7. The predicted octanol–water partition coefficient (Wildman–Crippen LogP) is 2.92. The van der Waals surface area contributed by atoms with Gasteiger partial charge in [-0.15, -0.1) is 0 Å². The topological polar surface area (TPSA) is 66.5 Å². The monoisotopic (exact) mass is 366 g/mol. The van der Waals surface area contributed by atoms with Gasteiger partial charge in [0.25, 0.3) is 5.91 Å². The van der Waals surface area contributed by atoms with Crippen molar-refractivity contribution < 1.29 is 13.2 Å². The maximum absolute atomic E-state index is 12.4. The van der Waals surface area contributed by atoms with Gasteiger partial charge in [0, 0.05) is 25.2 Å². The van der Waals surface area contributed by atoms with Crippen molar-refractivity contribution in [2.45, 2.75) is 51.9 Å². The highest BCUT2D eigenvalue weighted by molar-refractivity contribution is 7.89. The van der Waals surface area contributed by atoms with Crippen LogP contribution in [0, 0.1) is 0 Å². The van der Waals surface area contributed by atoms with Gasteiger partial charge in [-0.05, 0) is 36.0 Å². The van der Waals surface area contributed by atoms with E-state index in [2.05, 4.69) is 26.1 Å². The van der Waals surface area contributed by atoms with Crippen LogP contribution in [0.2, 0.25) is 0 Å². The number of carbonyl (C=O) groups is 1. The Labute approximate surface area is 151 Å². The Balaban J connectivity index is 1.87. The largest absolute Gasteiger partial charge is 0.351 e. The van der Waals surface area contributed by atoms with Crippen LogP contribution in [0.5, 0.6) is 0 Å². The summed E-state index contributed by atoms with van der Waals surface area (Å²) < 4.78 is 26.3. The number of sulfonamides is 1. The van der Waals surface area contributed by atoms with E-state index in [1.807, 2.05) is 12.1 Å². The first-order chi connectivity index (χ1) is 11.7. The molecular weight excluding hydrogens is 336 g/mol. The standard InChI is InChI=1S/C19H30N2O3S/c1-19(2,3)17-10-8-16(9-11-17)18(22)20-12-15-25(23,24)21-13-6-4-5-7-14-21/h8-11H,4-7,12-15H2,1-3H3,(H,20,22). The summed E-state index contributed by atoms with van der Waals surface area (Å²) in [6, 6.07) is 7.48. The van der Waals surface area contributed by atoms with E-state index in [4.69, 9.17) is 0 Å². The van der Waals surface area contributed by atoms with Gasteiger partial charge in [0.15, 0.2) is 0 Å². The highest BCUT2D eigenvalue weighted by Crippen LogP contribution is 2.22. The third-order valence-corrected chi connectivity index (χ3v) is 6.49. The first kappa shape index (κ1) is 19.9. The molecule has 1 saturated heterocycles. The van der Waals surface area contributed by atoms with E-state index >= 15 is 0 Å². The molecular formula is C19H30N2O3S. The summed E-state index contributed by atoms with van der Waals surface area (Å²) in [4.78, 5) is 12.2. The maximum atomic E-state index is 12.4. The number of rotatable bonds is 5. The molecule has 1 fully saturated rings. The van der Waals surface area contributed by atoms with Gasteiger partial charge >= 0.3 is 0 Å². The summed E-state index contributed by atoms with van der Waals surface area (Å²) in [6.07, 6.45) is 4.03. The van der Waals surface area contributed by atoms with E-state index in [-0.39, 0.29) is 23.6 Å². The molecule has 1 aliphatic rings. The number of amides is 1. The summed E-state index contributed by atoms with van der Waals surface area (Å²) in [5, 5.41) is 2.72. The second-order valence-electron chi connectivity index (χ2n) is 7.71. The molecule has 6 heteroatoms. The quantitative estimate of drug-likeness (QED) is 0.871. The fourth-order valence-electron chi connectivity index (χ4n) is 2.97. The minimum absolute atomic E-state index is 0.0379. The van der Waals surface area contributed by atoms with Crippen LogP contribution >= 0.6 is 0 Å². The van der Waals surface area contributed by atoms with Crippen LogP contribution < -0.4 is 5.32 Å². The van der Waals surface area contributed by atoms with Crippen molar-refractivity contribution in [3.8, 4) is 0 Å². The summed E-state index contributed by atoms with van der Waals surface area (Å²) in [7, 11) is -3.29. The third kappa shape index (κ3) is 5.82. The predicted molar refractivity (Wildman–Crippen MR) is 101 cm³/mol. The summed E-state index contributed by atoms with van der Waals surface area (Å²) in [5.74, 6) is -0.273. The molecule has 1 aliphatic heterocycles. The Morgan fingerprint density at radius 1 is 1.04 bits per heavy atom. The second kappa shape index (κ2) is 8.32. The molecule has 5 nitrogen and oxygen atoms in total. The Morgan fingerprint density at radius 3 is 2.12 bits per heavy atom. The molecule has 0 aliphatic carbocycles. The average molecular weight is 367 g/mol. The molecule has 0 bridgehead atoms. The molecule has 1 amide bonds. The van der Waals surface area contributed by atoms with Crippen molar-refractivity contribution >= 4 is 15.9 Å². The zero-order chi connectivity index (χ0) is 18.5. The van der Waals surface area contributed by atoms with Crippen molar-refractivity contribution in [3.05, 3.63) is 35.4 Å². The Morgan fingerprint density at radius 2 is 1.60 bits per heavy atom. The normalized spacial score (nSPS) is 17.1. The lowest BCUT2D eigenvalue weighted by Crippen LogP contribution is -2.38. The molecule has 0 saturated carbocycles. The van der Waals surface area contributed by atoms with Crippen molar-refractivity contribution in [2.75, 3.05) is 25.4 Å². The minimum atomic E-state index is -3.29. The van der Waals surface area contributed by atoms with E-state index in [9.17, 15) is 13.2 Å². The Kier molecular flexibility index (Phi) is 6.63. The number of carbonyl (C=O) groups excluding carboxylic acids is 1. The van der Waals surface area contributed by atoms with Gasteiger partial charge in [-0.3, -0.25) is 4.79 Å². The van der Waals surface area contributed by atoms with Crippen LogP contribution in [-0.4, -0.2) is 44.0 Å². The molecule has 25 heavy (non-hydrogen) atoms. The van der Waals surface area contributed by atoms with Gasteiger partial charge in [0.1, 0.15) is 0 Å². The van der Waals surface area contributed by atoms with Gasteiger partial charge in [-0.1, -0.05) is 45.7 Å². The summed E-state index contributed by atoms with van der Waals surface area (Å²) >= 11 is 0. The number of nitrogens with one attached hydrogen (secondary N) is 1. The SMILES string of the molecule is CC(C)(C)c1ccc(C(=O)NCCS(=O)(=O)N2CCCCCC2)cc1. The number of hydrogen-bond donors (Lipinski definition) is 1. The molecule has 0 atom stereocenters. The molecule has 0 aromatic heterocycles. The van der Waals surface area contributed by atoms with Crippen molar-refractivity contribution in [2.24, 2.45) is 0 Å². The summed E-state index contributed by atoms with van der Waals surface area (Å²) in [5.41, 5.74) is 1.75. The van der Waals surface area contributed by atoms with Crippen LogP contribution in [0.3, 0.4) is 0 Å². The zero-order valence-electron chi connectivity index (χ0n) is 15.5. The van der Waals surface area contributed by atoms with Crippen molar-refractivity contribution in [1.82, 2.24) is 9.62 Å². The first-order valence-electron chi connectivity index (χ1n) is 9.07. The summed E-state index contributed by atoms with van der Waals surface area (Å²) in [6.45, 7) is 7.70. The van der Waals surface area contributed by atoms with E-state index < -0.39 is 10.0 Å². The number of nitrogens with zero attached hydrogens (tertiary/aromatic N) is 1. The molecule has 0 radical (unpaired) electrons. The molecule has 0 unspecified atom stereocenters. The van der Waals surface area contributed by atoms with Gasteiger partial charge in [-0.25, -0.2) is 12.7 Å². The molecule has 1 aromatic rings. The second-order valence-corrected chi connectivity index (χ2v) is 9.80. The number of hydrogen-bond acceptors (Lipinski definition) is 3. The van der Waals surface area contributed by atoms with Crippen LogP contribution in [0.15, 0.2) is 24.3 Å². The number of benzene rings is 1. The van der Waals surface area contributed by atoms with Gasteiger partial charge in [0.2, 0.25) is 10.0 Å². The maximum Gasteiger partial charge on any atom is 0.251 e. The molecule has 0 spiro atoms. The lowest BCUT2D eigenvalue weighted by Gasteiger charge is -2.20. The Hall–Kier alpha value is -1.40. The lowest BCUT2D eigenvalue weighted by molar-refractivity contribution is 0.0956. The molecule has 1 aromatic carbocycles. The van der Waals surface area contributed by atoms with Crippen molar-refractivity contribution in [1.29, 1.82) is 0 Å². The van der Waals surface area contributed by atoms with Crippen LogP contribution in [-0.2, 0) is 15.4 Å². The van der Waals surface area contributed by atoms with E-state index in [0.717, 1.165) is 31.2 Å². The zero-order valence-corrected chi connectivity index (χ0v) is 16.4. The van der Waals surface area contributed by atoms with E-state index in [1.54, 1.807) is 16.4 Å². The molecule has 1 N–H and O–H groups in total. The van der Waals surface area contributed by atoms with Crippen molar-refractivity contribution in [3.63, 3.8) is 0 Å². The Bertz CT molecular complexity index is 668. The van der Waals surface area contributed by atoms with Gasteiger partial charge in [0.05, 0.1) is 5.75 Å². The smallest absolute Gasteiger partial charge is 0.251 e. The third-order valence-electron chi connectivity index (χ3n) is 4.62. The van der Waals surface area contributed by atoms with Gasteiger partial charge < -0.3 is 5.32 Å². The van der Waals surface area contributed by atoms with Crippen LogP contribution in [0.25, 0.3) is 0 Å². The molecule has 2 rings (SSSR count). The molecule has 140 valence electrons. The fraction of sp³-hybridized carbons (Fsp3) is 0.632. The lowest BCUT2D eigenvalue weighted by atomic mass is 9.87. The minimum Gasteiger partial charge on any atom is -0.351 e. The highest BCUT2D eigenvalue weighted by atomic mass is 32.2. The van der Waals surface area contributed by atoms with Crippen LogP contribution in [0.1, 0.15) is 62.4 Å². The van der Waals surface area contributed by atoms with Crippen LogP contribution in [0.4, 0.5) is 0 Å². The van der Waals surface area contributed by atoms with E-state index in [0.29, 0.717) is 18.7 Å². The fourth-order valence-corrected chi connectivity index (χ4v) is 4.40. The highest BCUT2D eigenvalue weighted by Gasteiger charge is 2.23. The average Bonchev–Trinajstić information content (AvgIpc) is 2.84.